The molecule has 7 heteroatoms. The van der Waals surface area contributed by atoms with Crippen molar-refractivity contribution >= 4 is 41.3 Å². The summed E-state index contributed by atoms with van der Waals surface area (Å²) in [6.07, 6.45) is 2.91. The summed E-state index contributed by atoms with van der Waals surface area (Å²) in [7, 11) is 1.66. The first-order valence-corrected chi connectivity index (χ1v) is 6.46. The van der Waals surface area contributed by atoms with Crippen molar-refractivity contribution in [2.45, 2.75) is 32.9 Å². The van der Waals surface area contributed by atoms with Gasteiger partial charge in [-0.05, 0) is 13.3 Å². The fourth-order valence-electron chi connectivity index (χ4n) is 1.33. The Morgan fingerprint density at radius 1 is 1.67 bits per heavy atom. The predicted octanol–water partition coefficient (Wildman–Crippen LogP) is 1.76. The molecule has 1 unspecified atom stereocenters. The molecule has 0 amide bonds. The van der Waals surface area contributed by atoms with Gasteiger partial charge in [0.05, 0.1) is 13.2 Å². The van der Waals surface area contributed by atoms with Crippen molar-refractivity contribution in [2.24, 2.45) is 10.7 Å². The number of aromatic nitrogens is 1. The van der Waals surface area contributed by atoms with Gasteiger partial charge in [-0.15, -0.1) is 35.3 Å². The molecule has 0 radical (unpaired) electrons. The van der Waals surface area contributed by atoms with E-state index in [-0.39, 0.29) is 30.0 Å². The number of aliphatic imine (C=N–C) groups is 1. The maximum absolute atomic E-state index is 5.75. The summed E-state index contributed by atoms with van der Waals surface area (Å²) in [5, 5.41) is 4.04. The zero-order valence-electron chi connectivity index (χ0n) is 11.0. The third-order valence-corrected chi connectivity index (χ3v) is 3.27. The number of ether oxygens (including phenoxy) is 1. The number of nitrogens with two attached hydrogens (primary N) is 1. The molecule has 0 aliphatic carbocycles. The molecule has 5 nitrogen and oxygen atoms in total. The van der Waals surface area contributed by atoms with Crippen LogP contribution in [0, 0.1) is 0 Å². The number of nitrogens with one attached hydrogen (secondary N) is 1. The number of hydrogen-bond donors (Lipinski definition) is 2. The van der Waals surface area contributed by atoms with Crippen molar-refractivity contribution in [1.29, 1.82) is 0 Å². The minimum absolute atomic E-state index is 0. The van der Waals surface area contributed by atoms with E-state index in [0.717, 1.165) is 11.4 Å². The van der Waals surface area contributed by atoms with Crippen LogP contribution < -0.4 is 11.1 Å². The fraction of sp³-hybridized carbons (Fsp3) is 0.636. The molecule has 18 heavy (non-hydrogen) atoms. The second kappa shape index (κ2) is 9.51. The van der Waals surface area contributed by atoms with Crippen molar-refractivity contribution < 1.29 is 4.74 Å². The minimum atomic E-state index is 0. The van der Waals surface area contributed by atoms with Gasteiger partial charge in [0.2, 0.25) is 0 Å². The molecule has 0 saturated carbocycles. The Morgan fingerprint density at radius 2 is 2.39 bits per heavy atom. The lowest BCUT2D eigenvalue weighted by atomic mass is 10.4. The molecule has 3 N–H and O–H groups in total. The van der Waals surface area contributed by atoms with E-state index in [1.807, 2.05) is 13.1 Å². The lowest BCUT2D eigenvalue weighted by molar-refractivity contribution is 0.179. The lowest BCUT2D eigenvalue weighted by Gasteiger charge is -2.12. The van der Waals surface area contributed by atoms with E-state index >= 15 is 0 Å². The fourth-order valence-corrected chi connectivity index (χ4v) is 2.11. The highest BCUT2D eigenvalue weighted by molar-refractivity contribution is 14.0. The Bertz CT molecular complexity index is 370. The van der Waals surface area contributed by atoms with Gasteiger partial charge >= 0.3 is 0 Å². The van der Waals surface area contributed by atoms with E-state index < -0.39 is 0 Å². The zero-order valence-corrected chi connectivity index (χ0v) is 14.1. The van der Waals surface area contributed by atoms with Crippen molar-refractivity contribution in [1.82, 2.24) is 10.3 Å². The quantitative estimate of drug-likeness (QED) is 0.446. The third-order valence-electron chi connectivity index (χ3n) is 2.15. The summed E-state index contributed by atoms with van der Waals surface area (Å²) in [4.78, 5) is 9.79. The normalized spacial score (nSPS) is 12.9. The molecule has 0 aromatic carbocycles. The first-order chi connectivity index (χ1) is 8.15. The number of nitrogens with zero attached hydrogens (tertiary/aromatic N) is 2. The average molecular weight is 384 g/mol. The second-order valence-electron chi connectivity index (χ2n) is 3.78. The molecule has 1 atom stereocenters. The molecule has 0 bridgehead atoms. The van der Waals surface area contributed by atoms with Gasteiger partial charge in [-0.1, -0.05) is 6.92 Å². The van der Waals surface area contributed by atoms with Crippen LogP contribution in [-0.4, -0.2) is 30.7 Å². The van der Waals surface area contributed by atoms with E-state index in [1.165, 1.54) is 4.88 Å². The Hall–Kier alpha value is -0.410. The van der Waals surface area contributed by atoms with Gasteiger partial charge in [-0.25, -0.2) is 9.98 Å². The molecular formula is C11H21IN4OS. The van der Waals surface area contributed by atoms with Crippen LogP contribution in [0.5, 0.6) is 0 Å². The van der Waals surface area contributed by atoms with Crippen LogP contribution in [0.25, 0.3) is 0 Å². The van der Waals surface area contributed by atoms with E-state index in [2.05, 4.69) is 22.2 Å². The van der Waals surface area contributed by atoms with E-state index in [1.54, 1.807) is 18.4 Å². The second-order valence-corrected chi connectivity index (χ2v) is 4.98. The van der Waals surface area contributed by atoms with Crippen LogP contribution >= 0.6 is 35.3 Å². The highest BCUT2D eigenvalue weighted by atomic mass is 127. The largest absolute Gasteiger partial charge is 0.383 e. The van der Waals surface area contributed by atoms with Gasteiger partial charge in [0.1, 0.15) is 5.01 Å². The van der Waals surface area contributed by atoms with Gasteiger partial charge in [-0.2, -0.15) is 0 Å². The zero-order chi connectivity index (χ0) is 12.7. The SMILES string of the molecule is CCc1cnc(CN=C(N)NC(C)COC)s1.I. The number of aryl methyl sites for hydroxylation is 1. The Labute approximate surface area is 129 Å². The summed E-state index contributed by atoms with van der Waals surface area (Å²) in [5.41, 5.74) is 5.75. The monoisotopic (exact) mass is 384 g/mol. The van der Waals surface area contributed by atoms with Crippen LogP contribution in [0.1, 0.15) is 23.7 Å². The van der Waals surface area contributed by atoms with Crippen LogP contribution in [0.15, 0.2) is 11.2 Å². The molecule has 1 aromatic rings. The Kier molecular flexibility index (Phi) is 9.29. The van der Waals surface area contributed by atoms with Crippen LogP contribution in [0.2, 0.25) is 0 Å². The van der Waals surface area contributed by atoms with E-state index in [4.69, 9.17) is 10.5 Å². The Balaban J connectivity index is 0.00000289. The average Bonchev–Trinajstić information content (AvgIpc) is 2.74. The standard InChI is InChI=1S/C11H20N4OS.HI/c1-4-9-5-13-10(17-9)6-14-11(12)15-8(2)7-16-3;/h5,8H,4,6-7H2,1-3H3,(H3,12,14,15);1H. The van der Waals surface area contributed by atoms with Gasteiger partial charge in [-0.3, -0.25) is 0 Å². The molecule has 1 rings (SSSR count). The summed E-state index contributed by atoms with van der Waals surface area (Å²) < 4.78 is 5.00. The first kappa shape index (κ1) is 17.6. The molecule has 0 saturated heterocycles. The lowest BCUT2D eigenvalue weighted by Crippen LogP contribution is -2.40. The molecule has 0 spiro atoms. The third kappa shape index (κ3) is 6.50. The maximum atomic E-state index is 5.75. The topological polar surface area (TPSA) is 72.5 Å². The number of methoxy groups -OCH3 is 1. The van der Waals surface area contributed by atoms with Crippen molar-refractivity contribution in [3.8, 4) is 0 Å². The smallest absolute Gasteiger partial charge is 0.189 e. The summed E-state index contributed by atoms with van der Waals surface area (Å²) in [5.74, 6) is 0.433. The summed E-state index contributed by atoms with van der Waals surface area (Å²) in [6, 6.07) is 0.159. The summed E-state index contributed by atoms with van der Waals surface area (Å²) in [6.45, 7) is 5.24. The molecular weight excluding hydrogens is 363 g/mol. The van der Waals surface area contributed by atoms with Crippen molar-refractivity contribution in [3.63, 3.8) is 0 Å². The summed E-state index contributed by atoms with van der Waals surface area (Å²) >= 11 is 1.68. The molecule has 1 heterocycles. The molecule has 0 aliphatic heterocycles. The molecule has 0 aliphatic rings. The van der Waals surface area contributed by atoms with Crippen LogP contribution in [-0.2, 0) is 17.7 Å². The van der Waals surface area contributed by atoms with Gasteiger partial charge < -0.3 is 15.8 Å². The van der Waals surface area contributed by atoms with Gasteiger partial charge in [0, 0.05) is 24.2 Å². The number of hydrogen-bond acceptors (Lipinski definition) is 4. The number of guanidine groups is 1. The van der Waals surface area contributed by atoms with Crippen LogP contribution in [0.4, 0.5) is 0 Å². The number of halogens is 1. The molecule has 104 valence electrons. The van der Waals surface area contributed by atoms with Gasteiger partial charge in [0.25, 0.3) is 0 Å². The van der Waals surface area contributed by atoms with Crippen LogP contribution in [0.3, 0.4) is 0 Å². The van der Waals surface area contributed by atoms with Crippen molar-refractivity contribution in [3.05, 3.63) is 16.1 Å². The molecule has 1 aromatic heterocycles. The highest BCUT2D eigenvalue weighted by Gasteiger charge is 2.03. The maximum Gasteiger partial charge on any atom is 0.189 e. The predicted molar refractivity (Wildman–Crippen MR) is 86.7 cm³/mol. The number of thiazole rings is 1. The molecule has 0 fully saturated rings. The van der Waals surface area contributed by atoms with E-state index in [0.29, 0.717) is 19.1 Å². The first-order valence-electron chi connectivity index (χ1n) is 5.64. The van der Waals surface area contributed by atoms with E-state index in [9.17, 15) is 0 Å². The minimum Gasteiger partial charge on any atom is -0.383 e. The number of rotatable bonds is 6. The Morgan fingerprint density at radius 3 is 2.94 bits per heavy atom. The highest BCUT2D eigenvalue weighted by Crippen LogP contribution is 2.13. The van der Waals surface area contributed by atoms with Gasteiger partial charge in [0.15, 0.2) is 5.96 Å². The van der Waals surface area contributed by atoms with Crippen molar-refractivity contribution in [2.75, 3.05) is 13.7 Å².